The molecule has 1 unspecified atom stereocenters. The smallest absolute Gasteiger partial charge is 0.335 e. The summed E-state index contributed by atoms with van der Waals surface area (Å²) in [6.45, 7) is 7.71. The fourth-order valence-electron chi connectivity index (χ4n) is 3.20. The number of hydrogen-bond acceptors (Lipinski definition) is 4. The Kier molecular flexibility index (Phi) is 8.17. The summed E-state index contributed by atoms with van der Waals surface area (Å²) in [4.78, 5) is 23.7. The predicted molar refractivity (Wildman–Crippen MR) is 107 cm³/mol. The van der Waals surface area contributed by atoms with Gasteiger partial charge in [0.15, 0.2) is 0 Å². The first-order valence-corrected chi connectivity index (χ1v) is 9.32. The number of nitrogens with zero attached hydrogens (tertiary/aromatic N) is 1. The molecule has 0 aliphatic carbocycles. The van der Waals surface area contributed by atoms with Gasteiger partial charge in [-0.1, -0.05) is 36.4 Å². The highest BCUT2D eigenvalue weighted by Gasteiger charge is 2.17. The molecule has 150 valence electrons. The van der Waals surface area contributed by atoms with Crippen molar-refractivity contribution in [2.45, 2.75) is 26.3 Å². The average Bonchev–Trinajstić information content (AvgIpc) is 2.69. The molecule has 0 radical (unpaired) electrons. The first-order chi connectivity index (χ1) is 13.4. The molecular formula is C22H27NO5. The highest BCUT2D eigenvalue weighted by Crippen LogP contribution is 2.13. The standard InChI is InChI=1S/C13H19NO.C9H8O4/c1-12(14-7-9-15-10-8-14)11-13-5-3-2-4-6-13;1-5-6(8(10)11)3-2-4-7(5)9(12)13/h2-6,12H,7-11H2,1H3;2-4H,1H3,(H,10,11)(H,12,13). The van der Waals surface area contributed by atoms with E-state index in [2.05, 4.69) is 42.2 Å². The SMILES string of the molecule is CC(Cc1ccccc1)N1CCOCC1.Cc1c(C(=O)O)cccc1C(=O)O. The molecule has 0 amide bonds. The lowest BCUT2D eigenvalue weighted by Gasteiger charge is -2.32. The van der Waals surface area contributed by atoms with Gasteiger partial charge in [0, 0.05) is 19.1 Å². The van der Waals surface area contributed by atoms with E-state index in [1.54, 1.807) is 0 Å². The highest BCUT2D eigenvalue weighted by atomic mass is 16.5. The number of carboxylic acids is 2. The topological polar surface area (TPSA) is 87.1 Å². The number of aromatic carboxylic acids is 2. The molecule has 1 aliphatic heterocycles. The lowest BCUT2D eigenvalue weighted by Crippen LogP contribution is -2.43. The van der Waals surface area contributed by atoms with E-state index in [-0.39, 0.29) is 16.7 Å². The van der Waals surface area contributed by atoms with Gasteiger partial charge in [-0.15, -0.1) is 0 Å². The zero-order chi connectivity index (χ0) is 20.5. The lowest BCUT2D eigenvalue weighted by molar-refractivity contribution is 0.0203. The van der Waals surface area contributed by atoms with E-state index in [4.69, 9.17) is 14.9 Å². The van der Waals surface area contributed by atoms with E-state index in [9.17, 15) is 9.59 Å². The van der Waals surface area contributed by atoms with Gasteiger partial charge >= 0.3 is 11.9 Å². The second-order valence-corrected chi connectivity index (χ2v) is 6.78. The number of benzene rings is 2. The Labute approximate surface area is 165 Å². The van der Waals surface area contributed by atoms with Crippen LogP contribution in [0.4, 0.5) is 0 Å². The fourth-order valence-corrected chi connectivity index (χ4v) is 3.20. The minimum absolute atomic E-state index is 0.0277. The van der Waals surface area contributed by atoms with Gasteiger partial charge in [0.05, 0.1) is 24.3 Å². The second-order valence-electron chi connectivity index (χ2n) is 6.78. The molecule has 1 fully saturated rings. The molecule has 28 heavy (non-hydrogen) atoms. The molecule has 0 spiro atoms. The van der Waals surface area contributed by atoms with Gasteiger partial charge in [0.2, 0.25) is 0 Å². The lowest BCUT2D eigenvalue weighted by atomic mass is 10.0. The summed E-state index contributed by atoms with van der Waals surface area (Å²) < 4.78 is 5.36. The zero-order valence-electron chi connectivity index (χ0n) is 16.3. The largest absolute Gasteiger partial charge is 0.478 e. The summed E-state index contributed by atoms with van der Waals surface area (Å²) in [5.74, 6) is -2.22. The van der Waals surface area contributed by atoms with Crippen LogP contribution in [0.15, 0.2) is 48.5 Å². The van der Waals surface area contributed by atoms with Crippen LogP contribution in [0.2, 0.25) is 0 Å². The van der Waals surface area contributed by atoms with Gasteiger partial charge in [0.25, 0.3) is 0 Å². The first-order valence-electron chi connectivity index (χ1n) is 9.32. The van der Waals surface area contributed by atoms with Gasteiger partial charge in [-0.25, -0.2) is 9.59 Å². The van der Waals surface area contributed by atoms with Crippen molar-refractivity contribution in [1.82, 2.24) is 4.90 Å². The molecule has 6 heteroatoms. The van der Waals surface area contributed by atoms with Crippen LogP contribution < -0.4 is 0 Å². The van der Waals surface area contributed by atoms with Crippen LogP contribution >= 0.6 is 0 Å². The fraction of sp³-hybridized carbons (Fsp3) is 0.364. The van der Waals surface area contributed by atoms with Crippen LogP contribution in [-0.4, -0.2) is 59.4 Å². The van der Waals surface area contributed by atoms with Crippen molar-refractivity contribution in [3.05, 3.63) is 70.8 Å². The van der Waals surface area contributed by atoms with Crippen molar-refractivity contribution in [3.63, 3.8) is 0 Å². The van der Waals surface area contributed by atoms with Crippen molar-refractivity contribution in [2.75, 3.05) is 26.3 Å². The molecule has 0 saturated carbocycles. The number of ether oxygens (including phenoxy) is 1. The van der Waals surface area contributed by atoms with Gasteiger partial charge in [-0.05, 0) is 43.5 Å². The van der Waals surface area contributed by atoms with Crippen LogP contribution in [0, 0.1) is 6.92 Å². The predicted octanol–water partition coefficient (Wildman–Crippen LogP) is 3.34. The molecule has 0 aromatic heterocycles. The monoisotopic (exact) mass is 385 g/mol. The van der Waals surface area contributed by atoms with Crippen LogP contribution in [0.25, 0.3) is 0 Å². The van der Waals surface area contributed by atoms with E-state index in [1.807, 2.05) is 0 Å². The maximum atomic E-state index is 10.6. The summed E-state index contributed by atoms with van der Waals surface area (Å²) in [6, 6.07) is 15.5. The Hall–Kier alpha value is -2.70. The Morgan fingerprint density at radius 3 is 2.00 bits per heavy atom. The molecule has 1 heterocycles. The van der Waals surface area contributed by atoms with E-state index in [0.29, 0.717) is 6.04 Å². The summed E-state index contributed by atoms with van der Waals surface area (Å²) in [5.41, 5.74) is 1.76. The van der Waals surface area contributed by atoms with Crippen molar-refractivity contribution >= 4 is 11.9 Å². The summed E-state index contributed by atoms with van der Waals surface area (Å²) >= 11 is 0. The number of morpholine rings is 1. The summed E-state index contributed by atoms with van der Waals surface area (Å²) in [5, 5.41) is 17.4. The number of hydrogen-bond donors (Lipinski definition) is 2. The van der Waals surface area contributed by atoms with Crippen molar-refractivity contribution in [3.8, 4) is 0 Å². The number of carboxylic acid groups (broad SMARTS) is 2. The molecule has 6 nitrogen and oxygen atoms in total. The number of rotatable bonds is 5. The van der Waals surface area contributed by atoms with Crippen LogP contribution in [0.3, 0.4) is 0 Å². The first kappa shape index (κ1) is 21.6. The van der Waals surface area contributed by atoms with Gasteiger partial charge in [-0.2, -0.15) is 0 Å². The maximum Gasteiger partial charge on any atom is 0.335 e. The third-order valence-corrected chi connectivity index (χ3v) is 4.84. The van der Waals surface area contributed by atoms with Crippen molar-refractivity contribution in [1.29, 1.82) is 0 Å². The van der Waals surface area contributed by atoms with E-state index in [0.717, 1.165) is 32.7 Å². The van der Waals surface area contributed by atoms with E-state index in [1.165, 1.54) is 30.7 Å². The maximum absolute atomic E-state index is 10.6. The molecule has 1 aliphatic rings. The molecule has 0 bridgehead atoms. The highest BCUT2D eigenvalue weighted by molar-refractivity contribution is 5.96. The van der Waals surface area contributed by atoms with Crippen LogP contribution in [0.1, 0.15) is 38.8 Å². The minimum Gasteiger partial charge on any atom is -0.478 e. The molecule has 1 atom stereocenters. The quantitative estimate of drug-likeness (QED) is 0.821. The Balaban J connectivity index is 0.000000203. The molecule has 1 saturated heterocycles. The van der Waals surface area contributed by atoms with E-state index < -0.39 is 11.9 Å². The summed E-state index contributed by atoms with van der Waals surface area (Å²) in [7, 11) is 0. The van der Waals surface area contributed by atoms with E-state index >= 15 is 0 Å². The van der Waals surface area contributed by atoms with Crippen molar-refractivity contribution in [2.24, 2.45) is 0 Å². The Morgan fingerprint density at radius 1 is 0.964 bits per heavy atom. The molecule has 2 N–H and O–H groups in total. The Morgan fingerprint density at radius 2 is 1.50 bits per heavy atom. The van der Waals surface area contributed by atoms with Crippen LogP contribution in [0.5, 0.6) is 0 Å². The van der Waals surface area contributed by atoms with Gasteiger partial charge in [-0.3, -0.25) is 4.90 Å². The molecule has 2 aromatic rings. The third-order valence-electron chi connectivity index (χ3n) is 4.84. The van der Waals surface area contributed by atoms with Crippen molar-refractivity contribution < 1.29 is 24.5 Å². The second kappa shape index (κ2) is 10.6. The average molecular weight is 385 g/mol. The third kappa shape index (κ3) is 6.18. The molecular weight excluding hydrogens is 358 g/mol. The summed E-state index contributed by atoms with van der Waals surface area (Å²) in [6.07, 6.45) is 1.14. The molecule has 2 aromatic carbocycles. The zero-order valence-corrected chi connectivity index (χ0v) is 16.3. The van der Waals surface area contributed by atoms with Crippen LogP contribution in [-0.2, 0) is 11.2 Å². The molecule has 3 rings (SSSR count). The minimum atomic E-state index is -1.11. The Bertz CT molecular complexity index is 753. The number of carbonyl (C=O) groups is 2. The van der Waals surface area contributed by atoms with Gasteiger partial charge in [0.1, 0.15) is 0 Å². The van der Waals surface area contributed by atoms with Gasteiger partial charge < -0.3 is 14.9 Å². The normalized spacial score (nSPS) is 15.2.